The molecule has 4 N–H and O–H groups in total. The third-order valence-electron chi connectivity index (χ3n) is 2.65. The Bertz CT molecular complexity index is 579. The number of aliphatic carboxylic acids is 2. The first-order chi connectivity index (χ1) is 9.71. The number of nitrogens with one attached hydrogen (secondary N) is 1. The van der Waals surface area contributed by atoms with Crippen LogP contribution in [0.5, 0.6) is 0 Å². The monoisotopic (exact) mass is 319 g/mol. The molecule has 1 aromatic carbocycles. The van der Waals surface area contributed by atoms with Crippen molar-refractivity contribution in [2.45, 2.75) is 25.0 Å². The predicted octanol–water partition coefficient (Wildman–Crippen LogP) is 1.42. The van der Waals surface area contributed by atoms with Gasteiger partial charge in [-0.2, -0.15) is 0 Å². The molecular weight excluding hydrogens is 304 g/mol. The minimum atomic E-state index is -4.18. The van der Waals surface area contributed by atoms with Gasteiger partial charge in [0, 0.05) is 6.42 Å². The number of rotatable bonds is 8. The number of hydrogen-bond acceptors (Lipinski definition) is 3. The maximum Gasteiger partial charge on any atom is 0.321 e. The summed E-state index contributed by atoms with van der Waals surface area (Å²) in [6.45, 7) is 0. The number of hydrogen-bond donors (Lipinski definition) is 4. The van der Waals surface area contributed by atoms with Crippen molar-refractivity contribution >= 4 is 19.5 Å². The minimum Gasteiger partial charge on any atom is -0.481 e. The van der Waals surface area contributed by atoms with Crippen LogP contribution in [0.25, 0.3) is 0 Å². The molecule has 2 unspecified atom stereocenters. The highest BCUT2D eigenvalue weighted by atomic mass is 31.2. The molecule has 0 saturated heterocycles. The Morgan fingerprint density at radius 1 is 1.29 bits per heavy atom. The average molecular weight is 319 g/mol. The lowest BCUT2D eigenvalue weighted by Gasteiger charge is -2.19. The number of carboxylic acids is 2. The molecule has 0 saturated carbocycles. The predicted molar refractivity (Wildman–Crippen MR) is 71.4 cm³/mol. The molecule has 116 valence electrons. The molecule has 7 nitrogen and oxygen atoms in total. The second kappa shape index (κ2) is 7.31. The van der Waals surface area contributed by atoms with Gasteiger partial charge in [0.1, 0.15) is 11.9 Å². The standard InChI is InChI=1S/C12H15FNO6P/c13-9-4-2-1-3-8(9)7-21(19,20)14-10(12(17)18)5-6-11(15)16/h1-4,10H,5-7H2,(H,15,16)(H,17,18)(H2,14,19,20). The molecule has 21 heavy (non-hydrogen) atoms. The van der Waals surface area contributed by atoms with Crippen LogP contribution in [0.15, 0.2) is 24.3 Å². The van der Waals surface area contributed by atoms with E-state index >= 15 is 0 Å². The Morgan fingerprint density at radius 3 is 2.43 bits per heavy atom. The summed E-state index contributed by atoms with van der Waals surface area (Å²) in [6.07, 6.45) is -1.41. The summed E-state index contributed by atoms with van der Waals surface area (Å²) in [5, 5.41) is 19.4. The van der Waals surface area contributed by atoms with Crippen LogP contribution in [-0.2, 0) is 20.3 Å². The largest absolute Gasteiger partial charge is 0.481 e. The zero-order chi connectivity index (χ0) is 16.0. The zero-order valence-corrected chi connectivity index (χ0v) is 11.8. The van der Waals surface area contributed by atoms with Crippen molar-refractivity contribution < 1.29 is 33.7 Å². The Labute approximate surface area is 119 Å². The molecule has 1 rings (SSSR count). The molecule has 0 aliphatic carbocycles. The van der Waals surface area contributed by atoms with Crippen LogP contribution in [-0.4, -0.2) is 33.1 Å². The number of benzene rings is 1. The first-order valence-electron chi connectivity index (χ1n) is 5.99. The van der Waals surface area contributed by atoms with E-state index in [9.17, 15) is 23.4 Å². The van der Waals surface area contributed by atoms with Crippen molar-refractivity contribution in [3.63, 3.8) is 0 Å². The molecule has 0 aliphatic rings. The molecule has 1 aromatic rings. The topological polar surface area (TPSA) is 124 Å². The molecule has 2 atom stereocenters. The first-order valence-corrected chi connectivity index (χ1v) is 7.83. The summed E-state index contributed by atoms with van der Waals surface area (Å²) in [7, 11) is -4.18. The highest BCUT2D eigenvalue weighted by Gasteiger charge is 2.29. The number of halogens is 1. The van der Waals surface area contributed by atoms with Gasteiger partial charge in [-0.1, -0.05) is 18.2 Å². The van der Waals surface area contributed by atoms with Gasteiger partial charge >= 0.3 is 11.9 Å². The number of carbonyl (C=O) groups is 2. The summed E-state index contributed by atoms with van der Waals surface area (Å²) in [5.41, 5.74) is -0.0294. The molecular formula is C12H15FNO6P. The van der Waals surface area contributed by atoms with Gasteiger partial charge in [-0.3, -0.25) is 14.2 Å². The van der Waals surface area contributed by atoms with Gasteiger partial charge in [0.15, 0.2) is 0 Å². The molecule has 0 amide bonds. The fraction of sp³-hybridized carbons (Fsp3) is 0.333. The van der Waals surface area contributed by atoms with E-state index < -0.39 is 43.9 Å². The lowest BCUT2D eigenvalue weighted by molar-refractivity contribution is -0.140. The van der Waals surface area contributed by atoms with Gasteiger partial charge < -0.3 is 15.1 Å². The summed E-state index contributed by atoms with van der Waals surface area (Å²) >= 11 is 0. The maximum absolute atomic E-state index is 13.4. The van der Waals surface area contributed by atoms with Crippen LogP contribution in [0, 0.1) is 5.82 Å². The Morgan fingerprint density at radius 2 is 1.90 bits per heavy atom. The van der Waals surface area contributed by atoms with Crippen molar-refractivity contribution in [3.05, 3.63) is 35.6 Å². The second-order valence-corrected chi connectivity index (χ2v) is 6.38. The van der Waals surface area contributed by atoms with E-state index in [0.717, 1.165) is 6.07 Å². The van der Waals surface area contributed by atoms with Crippen LogP contribution in [0.2, 0.25) is 0 Å². The van der Waals surface area contributed by atoms with E-state index in [1.54, 1.807) is 0 Å². The van der Waals surface area contributed by atoms with Crippen LogP contribution in [0.1, 0.15) is 18.4 Å². The average Bonchev–Trinajstić information content (AvgIpc) is 2.36. The van der Waals surface area contributed by atoms with Crippen molar-refractivity contribution in [2.75, 3.05) is 0 Å². The summed E-state index contributed by atoms with van der Waals surface area (Å²) in [5.74, 6) is -3.34. The molecule has 0 aromatic heterocycles. The van der Waals surface area contributed by atoms with E-state index in [1.165, 1.54) is 18.2 Å². The SMILES string of the molecule is O=C(O)CCC(NP(=O)(O)Cc1ccccc1F)C(=O)O. The third-order valence-corrected chi connectivity index (χ3v) is 4.13. The molecule has 0 fully saturated rings. The Balaban J connectivity index is 2.76. The molecule has 0 spiro atoms. The van der Waals surface area contributed by atoms with Gasteiger partial charge in [-0.05, 0) is 18.1 Å². The van der Waals surface area contributed by atoms with E-state index in [-0.39, 0.29) is 12.0 Å². The molecule has 0 aliphatic heterocycles. The van der Waals surface area contributed by atoms with Crippen molar-refractivity contribution in [1.82, 2.24) is 5.09 Å². The quantitative estimate of drug-likeness (QED) is 0.534. The molecule has 9 heteroatoms. The molecule has 0 bridgehead atoms. The normalized spacial score (nSPS) is 15.1. The van der Waals surface area contributed by atoms with E-state index in [0.29, 0.717) is 0 Å². The second-order valence-electron chi connectivity index (χ2n) is 4.40. The zero-order valence-electron chi connectivity index (χ0n) is 10.9. The summed E-state index contributed by atoms with van der Waals surface area (Å²) < 4.78 is 25.4. The van der Waals surface area contributed by atoms with Crippen molar-refractivity contribution in [2.24, 2.45) is 0 Å². The van der Waals surface area contributed by atoms with Gasteiger partial charge in [-0.25, -0.2) is 9.48 Å². The highest BCUT2D eigenvalue weighted by Crippen LogP contribution is 2.41. The van der Waals surface area contributed by atoms with E-state index in [2.05, 4.69) is 0 Å². The van der Waals surface area contributed by atoms with Gasteiger partial charge in [0.25, 0.3) is 7.52 Å². The summed E-state index contributed by atoms with van der Waals surface area (Å²) in [6, 6.07) is 3.84. The lowest BCUT2D eigenvalue weighted by atomic mass is 10.2. The van der Waals surface area contributed by atoms with E-state index in [1.807, 2.05) is 5.09 Å². The smallest absolute Gasteiger partial charge is 0.321 e. The fourth-order valence-corrected chi connectivity index (χ4v) is 3.19. The van der Waals surface area contributed by atoms with Gasteiger partial charge in [0.2, 0.25) is 0 Å². The van der Waals surface area contributed by atoms with Gasteiger partial charge in [-0.15, -0.1) is 0 Å². The maximum atomic E-state index is 13.4. The Hall–Kier alpha value is -1.76. The number of carboxylic acid groups (broad SMARTS) is 2. The molecule has 0 heterocycles. The summed E-state index contributed by atoms with van der Waals surface area (Å²) in [4.78, 5) is 31.1. The fourth-order valence-electron chi connectivity index (χ4n) is 1.66. The van der Waals surface area contributed by atoms with Crippen molar-refractivity contribution in [3.8, 4) is 0 Å². The van der Waals surface area contributed by atoms with Crippen LogP contribution < -0.4 is 5.09 Å². The van der Waals surface area contributed by atoms with Crippen LogP contribution in [0.4, 0.5) is 4.39 Å². The van der Waals surface area contributed by atoms with Crippen LogP contribution in [0.3, 0.4) is 0 Å². The lowest BCUT2D eigenvalue weighted by Crippen LogP contribution is -2.35. The highest BCUT2D eigenvalue weighted by molar-refractivity contribution is 7.55. The van der Waals surface area contributed by atoms with Crippen molar-refractivity contribution in [1.29, 1.82) is 0 Å². The third kappa shape index (κ3) is 6.03. The Kier molecular flexibility index (Phi) is 6.02. The van der Waals surface area contributed by atoms with E-state index in [4.69, 9.17) is 10.2 Å². The van der Waals surface area contributed by atoms with Gasteiger partial charge in [0.05, 0.1) is 6.16 Å². The first kappa shape index (κ1) is 17.3. The molecule has 0 radical (unpaired) electrons. The van der Waals surface area contributed by atoms with Crippen LogP contribution >= 0.6 is 7.52 Å². The minimum absolute atomic E-state index is 0.0294.